The number of Topliss-reactive ketones (excluding diaryl/α,β-unsaturated/α-hetero) is 1. The minimum Gasteiger partial charge on any atom is -0.488 e. The van der Waals surface area contributed by atoms with Crippen molar-refractivity contribution >= 4 is 5.78 Å². The summed E-state index contributed by atoms with van der Waals surface area (Å²) in [6.45, 7) is 5.73. The lowest BCUT2D eigenvalue weighted by Gasteiger charge is -2.37. The summed E-state index contributed by atoms with van der Waals surface area (Å²) in [5.74, 6) is 2.74. The first kappa shape index (κ1) is 13.3. The fraction of sp³-hybridized carbons (Fsp3) is 0.333. The Hall–Kier alpha value is -2.36. The van der Waals surface area contributed by atoms with Crippen molar-refractivity contribution in [1.82, 2.24) is 4.98 Å². The van der Waals surface area contributed by atoms with Gasteiger partial charge in [-0.3, -0.25) is 9.78 Å². The zero-order chi connectivity index (χ0) is 15.5. The maximum Gasteiger partial charge on any atom is 0.192 e. The highest BCUT2D eigenvalue weighted by atomic mass is 16.6. The van der Waals surface area contributed by atoms with Crippen LogP contribution in [-0.4, -0.2) is 16.4 Å². The lowest BCUT2D eigenvalue weighted by molar-refractivity contribution is 0.0768. The van der Waals surface area contributed by atoms with E-state index in [0.717, 1.165) is 34.9 Å². The number of carbonyl (C=O) groups excluding carboxylic acids is 1. The summed E-state index contributed by atoms with van der Waals surface area (Å²) in [5, 5.41) is 0. The molecule has 0 fully saturated rings. The number of benzene rings is 1. The Morgan fingerprint density at radius 2 is 2.09 bits per heavy atom. The van der Waals surface area contributed by atoms with Crippen LogP contribution in [0.25, 0.3) is 0 Å². The monoisotopic (exact) mass is 295 g/mol. The molecular weight excluding hydrogens is 278 g/mol. The van der Waals surface area contributed by atoms with Gasteiger partial charge in [-0.25, -0.2) is 0 Å². The Morgan fingerprint density at radius 1 is 1.27 bits per heavy atom. The van der Waals surface area contributed by atoms with Crippen molar-refractivity contribution in [3.63, 3.8) is 0 Å². The zero-order valence-corrected chi connectivity index (χ0v) is 12.8. The molecule has 0 amide bonds. The van der Waals surface area contributed by atoms with E-state index in [9.17, 15) is 4.79 Å². The molecule has 2 aliphatic rings. The van der Waals surface area contributed by atoms with Crippen molar-refractivity contribution in [3.05, 3.63) is 47.3 Å². The minimum absolute atomic E-state index is 0.0550. The van der Waals surface area contributed by atoms with Crippen molar-refractivity contribution in [2.24, 2.45) is 0 Å². The number of aromatic nitrogens is 1. The first-order chi connectivity index (χ1) is 10.4. The van der Waals surface area contributed by atoms with Crippen LogP contribution in [0.15, 0.2) is 30.5 Å². The molecule has 0 spiro atoms. The van der Waals surface area contributed by atoms with Gasteiger partial charge in [0.25, 0.3) is 0 Å². The summed E-state index contributed by atoms with van der Waals surface area (Å²) < 4.78 is 11.6. The molecule has 0 saturated carbocycles. The van der Waals surface area contributed by atoms with E-state index in [1.807, 2.05) is 24.3 Å². The van der Waals surface area contributed by atoms with E-state index in [1.165, 1.54) is 0 Å². The second-order valence-corrected chi connectivity index (χ2v) is 6.55. The number of carbonyl (C=O) groups is 1. The molecule has 2 aromatic rings. The number of pyridine rings is 1. The molecule has 0 bridgehead atoms. The van der Waals surface area contributed by atoms with Crippen molar-refractivity contribution in [2.45, 2.75) is 38.7 Å². The van der Waals surface area contributed by atoms with Gasteiger partial charge in [0.2, 0.25) is 0 Å². The van der Waals surface area contributed by atoms with E-state index in [2.05, 4.69) is 18.8 Å². The Bertz CT molecular complexity index is 795. The summed E-state index contributed by atoms with van der Waals surface area (Å²) in [6.07, 6.45) is 2.58. The Kier molecular flexibility index (Phi) is 2.61. The predicted octanol–water partition coefficient (Wildman–Crippen LogP) is 4.08. The molecule has 0 N–H and O–H groups in total. The van der Waals surface area contributed by atoms with Crippen molar-refractivity contribution < 1.29 is 14.3 Å². The smallest absolute Gasteiger partial charge is 0.192 e. The van der Waals surface area contributed by atoms with Gasteiger partial charge >= 0.3 is 0 Å². The van der Waals surface area contributed by atoms with Crippen LogP contribution in [0.2, 0.25) is 0 Å². The number of fused-ring (bicyclic) bond motifs is 2. The molecule has 112 valence electrons. The van der Waals surface area contributed by atoms with Gasteiger partial charge in [0, 0.05) is 29.3 Å². The van der Waals surface area contributed by atoms with E-state index >= 15 is 0 Å². The maximum atomic E-state index is 11.7. The molecule has 0 radical (unpaired) electrons. The third-order valence-corrected chi connectivity index (χ3v) is 4.27. The SMILES string of the molecule is CC(=O)c1ccc2c(c1)C(c1nccc3c1O3)CC(C)(C)O2. The summed E-state index contributed by atoms with van der Waals surface area (Å²) >= 11 is 0. The summed E-state index contributed by atoms with van der Waals surface area (Å²) in [5.41, 5.74) is 2.37. The number of rotatable bonds is 2. The van der Waals surface area contributed by atoms with Crippen LogP contribution >= 0.6 is 0 Å². The molecule has 2 aliphatic heterocycles. The molecule has 0 saturated heterocycles. The second kappa shape index (κ2) is 4.32. The van der Waals surface area contributed by atoms with Gasteiger partial charge in [-0.1, -0.05) is 0 Å². The van der Waals surface area contributed by atoms with Crippen molar-refractivity contribution in [1.29, 1.82) is 0 Å². The molecule has 1 aromatic heterocycles. The van der Waals surface area contributed by atoms with Gasteiger partial charge in [-0.2, -0.15) is 0 Å². The third kappa shape index (κ3) is 2.06. The average Bonchev–Trinajstić information content (AvgIpc) is 3.24. The Labute approximate surface area is 129 Å². The van der Waals surface area contributed by atoms with E-state index in [1.54, 1.807) is 13.1 Å². The Balaban J connectivity index is 1.87. The van der Waals surface area contributed by atoms with Gasteiger partial charge in [-0.15, -0.1) is 0 Å². The standard InChI is InChI=1S/C18H17NO3/c1-10(20)11-4-5-14-12(8-11)13(9-18(2,3)22-14)16-17-15(21-17)6-7-19-16/h4-8,13H,9H2,1-3H3. The average molecular weight is 295 g/mol. The quantitative estimate of drug-likeness (QED) is 0.528. The molecule has 4 heteroatoms. The fourth-order valence-electron chi connectivity index (χ4n) is 3.18. The molecule has 3 heterocycles. The summed E-state index contributed by atoms with van der Waals surface area (Å²) in [4.78, 5) is 16.2. The first-order valence-corrected chi connectivity index (χ1v) is 7.45. The molecular formula is C18H17NO3. The first-order valence-electron chi connectivity index (χ1n) is 7.45. The normalized spacial score (nSPS) is 20.2. The van der Waals surface area contributed by atoms with Gasteiger partial charge in [0.05, 0.1) is 5.69 Å². The van der Waals surface area contributed by atoms with E-state index in [-0.39, 0.29) is 17.3 Å². The third-order valence-electron chi connectivity index (χ3n) is 4.27. The van der Waals surface area contributed by atoms with E-state index < -0.39 is 0 Å². The second-order valence-electron chi connectivity index (χ2n) is 6.55. The highest BCUT2D eigenvalue weighted by Crippen LogP contribution is 2.54. The van der Waals surface area contributed by atoms with Crippen molar-refractivity contribution in [3.8, 4) is 17.2 Å². The van der Waals surface area contributed by atoms with Crippen LogP contribution in [0.5, 0.6) is 17.2 Å². The van der Waals surface area contributed by atoms with Crippen LogP contribution in [0.4, 0.5) is 0 Å². The van der Waals surface area contributed by atoms with Crippen LogP contribution in [0.3, 0.4) is 0 Å². The number of ketones is 1. The molecule has 4 rings (SSSR count). The molecule has 1 atom stereocenters. The summed E-state index contributed by atoms with van der Waals surface area (Å²) in [6, 6.07) is 7.51. The maximum absolute atomic E-state index is 11.7. The lowest BCUT2D eigenvalue weighted by Crippen LogP contribution is -2.35. The molecule has 4 nitrogen and oxygen atoms in total. The van der Waals surface area contributed by atoms with Gasteiger partial charge in [-0.05, 0) is 45.4 Å². The number of ether oxygens (including phenoxy) is 2. The van der Waals surface area contributed by atoms with Crippen LogP contribution < -0.4 is 9.47 Å². The largest absolute Gasteiger partial charge is 0.488 e. The minimum atomic E-state index is -0.283. The van der Waals surface area contributed by atoms with Gasteiger partial charge < -0.3 is 9.47 Å². The van der Waals surface area contributed by atoms with E-state index in [0.29, 0.717) is 5.56 Å². The lowest BCUT2D eigenvalue weighted by atomic mass is 9.81. The molecule has 0 aliphatic carbocycles. The fourth-order valence-corrected chi connectivity index (χ4v) is 3.18. The number of hydrogen-bond acceptors (Lipinski definition) is 4. The molecule has 1 aromatic carbocycles. The highest BCUT2D eigenvalue weighted by molar-refractivity contribution is 5.94. The topological polar surface area (TPSA) is 51.7 Å². The molecule has 1 unspecified atom stereocenters. The number of nitrogens with zero attached hydrogens (tertiary/aromatic N) is 1. The molecule has 22 heavy (non-hydrogen) atoms. The van der Waals surface area contributed by atoms with E-state index in [4.69, 9.17) is 9.47 Å². The van der Waals surface area contributed by atoms with Gasteiger partial charge in [0.1, 0.15) is 11.4 Å². The predicted molar refractivity (Wildman–Crippen MR) is 81.9 cm³/mol. The highest BCUT2D eigenvalue weighted by Gasteiger charge is 2.40. The Morgan fingerprint density at radius 3 is 2.86 bits per heavy atom. The zero-order valence-electron chi connectivity index (χ0n) is 12.8. The van der Waals surface area contributed by atoms with Gasteiger partial charge in [0.15, 0.2) is 17.3 Å². The van der Waals surface area contributed by atoms with Crippen LogP contribution in [0, 0.1) is 0 Å². The van der Waals surface area contributed by atoms with Crippen LogP contribution in [-0.2, 0) is 0 Å². The van der Waals surface area contributed by atoms with Crippen LogP contribution in [0.1, 0.15) is 54.7 Å². The summed E-state index contributed by atoms with van der Waals surface area (Å²) in [7, 11) is 0. The van der Waals surface area contributed by atoms with Crippen molar-refractivity contribution in [2.75, 3.05) is 0 Å². The number of hydrogen-bond donors (Lipinski definition) is 0.